The molecule has 0 unspecified atom stereocenters. The van der Waals surface area contributed by atoms with Crippen LogP contribution in [0.25, 0.3) is 0 Å². The van der Waals surface area contributed by atoms with Crippen LogP contribution in [0.5, 0.6) is 0 Å². The second-order valence-corrected chi connectivity index (χ2v) is 6.38. The second kappa shape index (κ2) is 5.74. The molecule has 3 N–H and O–H groups in total. The van der Waals surface area contributed by atoms with Crippen LogP contribution < -0.4 is 10.5 Å². The van der Waals surface area contributed by atoms with Gasteiger partial charge in [-0.3, -0.25) is 4.98 Å². The molecule has 0 atom stereocenters. The monoisotopic (exact) mass is 294 g/mol. The lowest BCUT2D eigenvalue weighted by Crippen LogP contribution is -2.23. The normalized spacial score (nSPS) is 11.8. The van der Waals surface area contributed by atoms with Crippen molar-refractivity contribution in [1.82, 2.24) is 14.3 Å². The summed E-state index contributed by atoms with van der Waals surface area (Å²) in [6.45, 7) is 2.44. The lowest BCUT2D eigenvalue weighted by atomic mass is 10.2. The molecule has 108 valence electrons. The summed E-state index contributed by atoms with van der Waals surface area (Å²) >= 11 is 0. The summed E-state index contributed by atoms with van der Waals surface area (Å²) in [7, 11) is -1.76. The average molecular weight is 294 g/mol. The van der Waals surface area contributed by atoms with Crippen LogP contribution in [0.2, 0.25) is 0 Å². The summed E-state index contributed by atoms with van der Waals surface area (Å²) < 4.78 is 28.7. The standard InChI is InChI=1S/C13H18N4O2S/c1-10-7-15-4-3-11(10)8-16-20(18,19)13-5-12(6-14)17(2)9-13/h3-5,7,9,16H,6,8,14H2,1-2H3. The Morgan fingerprint density at radius 1 is 1.45 bits per heavy atom. The van der Waals surface area contributed by atoms with Gasteiger partial charge in [-0.05, 0) is 30.2 Å². The zero-order valence-corrected chi connectivity index (χ0v) is 12.3. The summed E-state index contributed by atoms with van der Waals surface area (Å²) in [6.07, 6.45) is 4.91. The number of sulfonamides is 1. The molecule has 2 heterocycles. The van der Waals surface area contributed by atoms with Crippen LogP contribution in [0.1, 0.15) is 16.8 Å². The molecule has 0 bridgehead atoms. The molecule has 2 rings (SSSR count). The number of hydrogen-bond acceptors (Lipinski definition) is 4. The molecule has 6 nitrogen and oxygen atoms in total. The number of pyridine rings is 1. The van der Waals surface area contributed by atoms with Gasteiger partial charge in [0.05, 0.1) is 4.90 Å². The predicted molar refractivity (Wildman–Crippen MR) is 76.3 cm³/mol. The lowest BCUT2D eigenvalue weighted by Gasteiger charge is -2.07. The molecule has 0 aliphatic carbocycles. The third kappa shape index (κ3) is 3.06. The van der Waals surface area contributed by atoms with Crippen LogP contribution in [0.15, 0.2) is 35.6 Å². The minimum Gasteiger partial charge on any atom is -0.352 e. The molecule has 0 aliphatic heterocycles. The maximum Gasteiger partial charge on any atom is 0.242 e. The van der Waals surface area contributed by atoms with Gasteiger partial charge in [-0.15, -0.1) is 0 Å². The van der Waals surface area contributed by atoms with Gasteiger partial charge in [0.25, 0.3) is 0 Å². The number of aryl methyl sites for hydroxylation is 2. The molecule has 0 spiro atoms. The molecule has 0 aliphatic rings. The Bertz CT molecular complexity index is 707. The van der Waals surface area contributed by atoms with E-state index in [0.717, 1.165) is 16.8 Å². The molecule has 0 radical (unpaired) electrons. The van der Waals surface area contributed by atoms with Gasteiger partial charge in [-0.25, -0.2) is 13.1 Å². The van der Waals surface area contributed by atoms with Gasteiger partial charge >= 0.3 is 0 Å². The Labute approximate surface area is 118 Å². The van der Waals surface area contributed by atoms with Crippen LogP contribution in [-0.2, 0) is 30.2 Å². The van der Waals surface area contributed by atoms with E-state index in [1.54, 1.807) is 42.3 Å². The molecular weight excluding hydrogens is 276 g/mol. The molecule has 0 fully saturated rings. The van der Waals surface area contributed by atoms with E-state index in [1.807, 2.05) is 6.92 Å². The van der Waals surface area contributed by atoms with Gasteiger partial charge in [0, 0.05) is 44.4 Å². The highest BCUT2D eigenvalue weighted by atomic mass is 32.2. The fraction of sp³-hybridized carbons (Fsp3) is 0.308. The van der Waals surface area contributed by atoms with E-state index in [-0.39, 0.29) is 11.4 Å². The van der Waals surface area contributed by atoms with Crippen LogP contribution in [0.4, 0.5) is 0 Å². The first-order valence-electron chi connectivity index (χ1n) is 6.18. The highest BCUT2D eigenvalue weighted by Gasteiger charge is 2.17. The quantitative estimate of drug-likeness (QED) is 0.848. The predicted octanol–water partition coefficient (Wildman–Crippen LogP) is 0.666. The lowest BCUT2D eigenvalue weighted by molar-refractivity contribution is 0.581. The summed E-state index contributed by atoms with van der Waals surface area (Å²) in [6, 6.07) is 3.38. The van der Waals surface area contributed by atoms with Crippen molar-refractivity contribution in [2.24, 2.45) is 12.8 Å². The van der Waals surface area contributed by atoms with Gasteiger partial charge in [0.1, 0.15) is 0 Å². The van der Waals surface area contributed by atoms with Gasteiger partial charge in [0.2, 0.25) is 10.0 Å². The third-order valence-corrected chi connectivity index (χ3v) is 4.56. The summed E-state index contributed by atoms with van der Waals surface area (Å²) in [5, 5.41) is 0. The molecule has 20 heavy (non-hydrogen) atoms. The van der Waals surface area contributed by atoms with Crippen LogP contribution in [0.3, 0.4) is 0 Å². The maximum atomic E-state index is 12.2. The van der Waals surface area contributed by atoms with Crippen molar-refractivity contribution in [2.75, 3.05) is 0 Å². The Hall–Kier alpha value is -1.70. The van der Waals surface area contributed by atoms with Gasteiger partial charge in [0.15, 0.2) is 0 Å². The van der Waals surface area contributed by atoms with Crippen LogP contribution in [0, 0.1) is 6.92 Å². The minimum atomic E-state index is -3.53. The SMILES string of the molecule is Cc1cnccc1CNS(=O)(=O)c1cc(CN)n(C)c1. The Kier molecular flexibility index (Phi) is 4.22. The Morgan fingerprint density at radius 3 is 2.80 bits per heavy atom. The smallest absolute Gasteiger partial charge is 0.242 e. The molecule has 0 amide bonds. The van der Waals surface area contributed by atoms with E-state index in [9.17, 15) is 8.42 Å². The Balaban J connectivity index is 2.17. The number of aromatic nitrogens is 2. The van der Waals surface area contributed by atoms with E-state index in [4.69, 9.17) is 5.73 Å². The molecule has 7 heteroatoms. The van der Waals surface area contributed by atoms with Crippen molar-refractivity contribution >= 4 is 10.0 Å². The van der Waals surface area contributed by atoms with Gasteiger partial charge < -0.3 is 10.3 Å². The fourth-order valence-electron chi connectivity index (χ4n) is 1.88. The highest BCUT2D eigenvalue weighted by Crippen LogP contribution is 2.14. The zero-order valence-electron chi connectivity index (χ0n) is 11.5. The largest absolute Gasteiger partial charge is 0.352 e. The maximum absolute atomic E-state index is 12.2. The van der Waals surface area contributed by atoms with Crippen LogP contribution in [-0.4, -0.2) is 18.0 Å². The number of nitrogens with two attached hydrogens (primary N) is 1. The Morgan fingerprint density at radius 2 is 2.20 bits per heavy atom. The summed E-state index contributed by atoms with van der Waals surface area (Å²) in [5.74, 6) is 0. The van der Waals surface area contributed by atoms with E-state index >= 15 is 0 Å². The van der Waals surface area contributed by atoms with Crippen molar-refractivity contribution < 1.29 is 8.42 Å². The molecule has 2 aromatic heterocycles. The first-order chi connectivity index (χ1) is 9.44. The fourth-order valence-corrected chi connectivity index (χ4v) is 2.98. The van der Waals surface area contributed by atoms with Crippen molar-refractivity contribution in [1.29, 1.82) is 0 Å². The number of nitrogens with one attached hydrogen (secondary N) is 1. The molecular formula is C13H18N4O2S. The second-order valence-electron chi connectivity index (χ2n) is 4.61. The van der Waals surface area contributed by atoms with Crippen molar-refractivity contribution in [3.63, 3.8) is 0 Å². The molecule has 0 saturated heterocycles. The van der Waals surface area contributed by atoms with Gasteiger partial charge in [-0.1, -0.05) is 0 Å². The summed E-state index contributed by atoms with van der Waals surface area (Å²) in [4.78, 5) is 4.21. The van der Waals surface area contributed by atoms with E-state index in [0.29, 0.717) is 6.54 Å². The third-order valence-electron chi connectivity index (χ3n) is 3.19. The van der Waals surface area contributed by atoms with Crippen molar-refractivity contribution in [3.05, 3.63) is 47.5 Å². The van der Waals surface area contributed by atoms with E-state index in [1.165, 1.54) is 0 Å². The number of nitrogens with zero attached hydrogens (tertiary/aromatic N) is 2. The number of hydrogen-bond donors (Lipinski definition) is 2. The topological polar surface area (TPSA) is 90.0 Å². The van der Waals surface area contributed by atoms with Crippen molar-refractivity contribution in [3.8, 4) is 0 Å². The van der Waals surface area contributed by atoms with Crippen molar-refractivity contribution in [2.45, 2.75) is 24.9 Å². The number of rotatable bonds is 5. The molecule has 0 saturated carbocycles. The first-order valence-corrected chi connectivity index (χ1v) is 7.67. The van der Waals surface area contributed by atoms with E-state index in [2.05, 4.69) is 9.71 Å². The minimum absolute atomic E-state index is 0.229. The molecule has 0 aromatic carbocycles. The highest BCUT2D eigenvalue weighted by molar-refractivity contribution is 7.89. The zero-order chi connectivity index (χ0) is 14.8. The summed E-state index contributed by atoms with van der Waals surface area (Å²) in [5.41, 5.74) is 8.17. The average Bonchev–Trinajstić information content (AvgIpc) is 2.80. The first kappa shape index (κ1) is 14.7. The van der Waals surface area contributed by atoms with Gasteiger partial charge in [-0.2, -0.15) is 0 Å². The van der Waals surface area contributed by atoms with Crippen LogP contribution >= 0.6 is 0 Å². The molecule has 2 aromatic rings. The van der Waals surface area contributed by atoms with E-state index < -0.39 is 10.0 Å².